The Morgan fingerprint density at radius 3 is 3.05 bits per heavy atom. The third-order valence-corrected chi connectivity index (χ3v) is 3.87. The number of ether oxygens (including phenoxy) is 2. The predicted octanol–water partition coefficient (Wildman–Crippen LogP) is 3.01. The molecule has 1 atom stereocenters. The average molecular weight is 291 g/mol. The molecule has 0 bridgehead atoms. The second-order valence-electron chi connectivity index (χ2n) is 5.43. The molecule has 0 aromatic heterocycles. The molecule has 0 radical (unpaired) electrons. The Labute approximate surface area is 126 Å². The van der Waals surface area contributed by atoms with Crippen molar-refractivity contribution >= 4 is 5.97 Å². The van der Waals surface area contributed by atoms with E-state index in [4.69, 9.17) is 4.74 Å². The molecule has 2 rings (SSSR count). The molecule has 1 aromatic carbocycles. The van der Waals surface area contributed by atoms with Crippen LogP contribution < -0.4 is 10.1 Å². The van der Waals surface area contributed by atoms with Crippen molar-refractivity contribution in [1.82, 2.24) is 5.32 Å². The maximum absolute atomic E-state index is 11.1. The summed E-state index contributed by atoms with van der Waals surface area (Å²) in [4.78, 5) is 11.1. The number of esters is 1. The molecule has 0 fully saturated rings. The van der Waals surface area contributed by atoms with Crippen molar-refractivity contribution in [3.63, 3.8) is 0 Å². The first-order chi connectivity index (χ1) is 10.2. The van der Waals surface area contributed by atoms with Gasteiger partial charge in [-0.3, -0.25) is 4.79 Å². The molecule has 0 spiro atoms. The van der Waals surface area contributed by atoms with Crippen LogP contribution in [0.25, 0.3) is 0 Å². The van der Waals surface area contributed by atoms with Gasteiger partial charge in [-0.1, -0.05) is 13.0 Å². The molecule has 4 heteroatoms. The first-order valence-electron chi connectivity index (χ1n) is 7.80. The summed E-state index contributed by atoms with van der Waals surface area (Å²) in [5.41, 5.74) is 2.76. The lowest BCUT2D eigenvalue weighted by molar-refractivity contribution is -0.141. The van der Waals surface area contributed by atoms with Gasteiger partial charge in [-0.05, 0) is 55.5 Å². The number of hydrogen-bond acceptors (Lipinski definition) is 4. The largest absolute Gasteiger partial charge is 0.493 e. The van der Waals surface area contributed by atoms with Crippen LogP contribution in [-0.4, -0.2) is 26.2 Å². The summed E-state index contributed by atoms with van der Waals surface area (Å²) in [6, 6.07) is 6.75. The zero-order chi connectivity index (χ0) is 15.1. The third kappa shape index (κ3) is 4.46. The van der Waals surface area contributed by atoms with E-state index < -0.39 is 0 Å². The molecule has 1 aliphatic carbocycles. The molecule has 1 aliphatic rings. The quantitative estimate of drug-likeness (QED) is 0.785. The Hall–Kier alpha value is -1.55. The number of carbonyl (C=O) groups is 1. The van der Waals surface area contributed by atoms with Gasteiger partial charge in [0, 0.05) is 6.04 Å². The highest BCUT2D eigenvalue weighted by molar-refractivity contribution is 5.69. The monoisotopic (exact) mass is 291 g/mol. The van der Waals surface area contributed by atoms with E-state index >= 15 is 0 Å². The molecule has 1 aromatic rings. The van der Waals surface area contributed by atoms with E-state index in [1.54, 1.807) is 0 Å². The fourth-order valence-electron chi connectivity index (χ4n) is 2.77. The molecule has 0 aliphatic heterocycles. The SMILES string of the molecule is CCCNC1CCCc2cc(OCCC(=O)OC)ccc21. The van der Waals surface area contributed by atoms with Crippen molar-refractivity contribution < 1.29 is 14.3 Å². The van der Waals surface area contributed by atoms with E-state index in [1.165, 1.54) is 31.1 Å². The van der Waals surface area contributed by atoms with E-state index in [-0.39, 0.29) is 12.4 Å². The van der Waals surface area contributed by atoms with Gasteiger partial charge >= 0.3 is 5.97 Å². The molecular formula is C17H25NO3. The van der Waals surface area contributed by atoms with Gasteiger partial charge < -0.3 is 14.8 Å². The van der Waals surface area contributed by atoms with Crippen LogP contribution in [-0.2, 0) is 16.0 Å². The second kappa shape index (κ2) is 8.03. The fraction of sp³-hybridized carbons (Fsp3) is 0.588. The van der Waals surface area contributed by atoms with E-state index in [0.717, 1.165) is 25.1 Å². The van der Waals surface area contributed by atoms with Crippen molar-refractivity contribution in [2.45, 2.75) is 45.1 Å². The summed E-state index contributed by atoms with van der Waals surface area (Å²) < 4.78 is 10.2. The zero-order valence-electron chi connectivity index (χ0n) is 13.0. The summed E-state index contributed by atoms with van der Waals surface area (Å²) in [5, 5.41) is 3.61. The van der Waals surface area contributed by atoms with Crippen molar-refractivity contribution in [2.75, 3.05) is 20.3 Å². The summed E-state index contributed by atoms with van der Waals surface area (Å²) in [5.74, 6) is 0.602. The highest BCUT2D eigenvalue weighted by atomic mass is 16.5. The van der Waals surface area contributed by atoms with Gasteiger partial charge in [-0.15, -0.1) is 0 Å². The van der Waals surface area contributed by atoms with Crippen molar-refractivity contribution in [2.24, 2.45) is 0 Å². The highest BCUT2D eigenvalue weighted by Gasteiger charge is 2.19. The Balaban J connectivity index is 1.96. The summed E-state index contributed by atoms with van der Waals surface area (Å²) in [6.45, 7) is 3.61. The topological polar surface area (TPSA) is 47.6 Å². The van der Waals surface area contributed by atoms with Gasteiger partial charge in [0.05, 0.1) is 20.1 Å². The number of aryl methyl sites for hydroxylation is 1. The lowest BCUT2D eigenvalue weighted by Gasteiger charge is -2.27. The van der Waals surface area contributed by atoms with Gasteiger partial charge in [0.2, 0.25) is 0 Å². The van der Waals surface area contributed by atoms with Crippen LogP contribution in [0.5, 0.6) is 5.75 Å². The van der Waals surface area contributed by atoms with Crippen LogP contribution in [0.4, 0.5) is 0 Å². The van der Waals surface area contributed by atoms with Crippen LogP contribution in [0.3, 0.4) is 0 Å². The molecule has 0 heterocycles. The van der Waals surface area contributed by atoms with E-state index in [9.17, 15) is 4.79 Å². The van der Waals surface area contributed by atoms with Gasteiger partial charge in [0.1, 0.15) is 5.75 Å². The normalized spacial score (nSPS) is 17.1. The molecule has 116 valence electrons. The molecule has 1 N–H and O–H groups in total. The Kier molecular flexibility index (Phi) is 6.05. The second-order valence-corrected chi connectivity index (χ2v) is 5.43. The minimum Gasteiger partial charge on any atom is -0.493 e. The van der Waals surface area contributed by atoms with Gasteiger partial charge in [0.15, 0.2) is 0 Å². The Bertz CT molecular complexity index is 473. The highest BCUT2D eigenvalue weighted by Crippen LogP contribution is 2.32. The standard InChI is InChI=1S/C17H25NO3/c1-3-10-18-16-6-4-5-13-12-14(7-8-15(13)16)21-11-9-17(19)20-2/h7-8,12,16,18H,3-6,9-11H2,1-2H3. The first kappa shape index (κ1) is 15.8. The molecule has 21 heavy (non-hydrogen) atoms. The van der Waals surface area contributed by atoms with Crippen LogP contribution >= 0.6 is 0 Å². The maximum atomic E-state index is 11.1. The number of hydrogen-bond donors (Lipinski definition) is 1. The van der Waals surface area contributed by atoms with Crippen molar-refractivity contribution in [3.8, 4) is 5.75 Å². The van der Waals surface area contributed by atoms with Crippen molar-refractivity contribution in [1.29, 1.82) is 0 Å². The maximum Gasteiger partial charge on any atom is 0.308 e. The average Bonchev–Trinajstić information content (AvgIpc) is 2.52. The lowest BCUT2D eigenvalue weighted by Crippen LogP contribution is -2.25. The number of nitrogens with one attached hydrogen (secondary N) is 1. The van der Waals surface area contributed by atoms with Gasteiger partial charge in [-0.2, -0.15) is 0 Å². The minimum atomic E-state index is -0.239. The fourth-order valence-corrected chi connectivity index (χ4v) is 2.77. The number of carbonyl (C=O) groups excluding carboxylic acids is 1. The lowest BCUT2D eigenvalue weighted by atomic mass is 9.87. The van der Waals surface area contributed by atoms with Crippen LogP contribution in [0.1, 0.15) is 49.8 Å². The van der Waals surface area contributed by atoms with Crippen LogP contribution in [0.2, 0.25) is 0 Å². The van der Waals surface area contributed by atoms with E-state index in [2.05, 4.69) is 29.1 Å². The zero-order valence-corrected chi connectivity index (χ0v) is 13.0. The number of rotatable bonds is 7. The smallest absolute Gasteiger partial charge is 0.308 e. The van der Waals surface area contributed by atoms with E-state index in [1.807, 2.05) is 6.07 Å². The Morgan fingerprint density at radius 1 is 1.43 bits per heavy atom. The number of fused-ring (bicyclic) bond motifs is 1. The number of methoxy groups -OCH3 is 1. The predicted molar refractivity (Wildman–Crippen MR) is 82.5 cm³/mol. The molecule has 1 unspecified atom stereocenters. The molecule has 0 amide bonds. The summed E-state index contributed by atoms with van der Waals surface area (Å²) in [7, 11) is 1.39. The minimum absolute atomic E-state index is 0.239. The summed E-state index contributed by atoms with van der Waals surface area (Å²) >= 11 is 0. The molecule has 0 saturated heterocycles. The summed E-state index contributed by atoms with van der Waals surface area (Å²) in [6.07, 6.45) is 4.96. The molecule has 4 nitrogen and oxygen atoms in total. The third-order valence-electron chi connectivity index (χ3n) is 3.87. The molecular weight excluding hydrogens is 266 g/mol. The molecule has 0 saturated carbocycles. The van der Waals surface area contributed by atoms with Gasteiger partial charge in [0.25, 0.3) is 0 Å². The van der Waals surface area contributed by atoms with Gasteiger partial charge in [-0.25, -0.2) is 0 Å². The van der Waals surface area contributed by atoms with Crippen LogP contribution in [0.15, 0.2) is 18.2 Å². The number of benzene rings is 1. The van der Waals surface area contributed by atoms with Crippen LogP contribution in [0, 0.1) is 0 Å². The first-order valence-corrected chi connectivity index (χ1v) is 7.80. The Morgan fingerprint density at radius 2 is 2.29 bits per heavy atom. The van der Waals surface area contributed by atoms with Crippen molar-refractivity contribution in [3.05, 3.63) is 29.3 Å². The van der Waals surface area contributed by atoms with E-state index in [0.29, 0.717) is 12.6 Å².